The van der Waals surface area contributed by atoms with Crippen molar-refractivity contribution in [3.8, 4) is 11.5 Å². The van der Waals surface area contributed by atoms with Crippen LogP contribution in [0.2, 0.25) is 0 Å². The Hall–Kier alpha value is -1.06. The van der Waals surface area contributed by atoms with E-state index in [4.69, 9.17) is 25.8 Å². The number of alkyl halides is 1. The number of hydrogen-bond acceptors (Lipinski definition) is 5. The molecule has 0 aliphatic carbocycles. The third-order valence-corrected chi connectivity index (χ3v) is 6.10. The van der Waals surface area contributed by atoms with Crippen LogP contribution in [0, 0.1) is 3.57 Å². The molecule has 0 heterocycles. The van der Waals surface area contributed by atoms with Crippen LogP contribution in [0.5, 0.6) is 11.5 Å². The lowest BCUT2D eigenvalue weighted by Crippen LogP contribution is -2.25. The maximum Gasteiger partial charge on any atom is 0.132 e. The highest BCUT2D eigenvalue weighted by atomic mass is 127. The molecule has 0 unspecified atom stereocenters. The second kappa shape index (κ2) is 12.3. The first-order chi connectivity index (χ1) is 14.6. The highest BCUT2D eigenvalue weighted by molar-refractivity contribution is 14.1. The lowest BCUT2D eigenvalue weighted by Gasteiger charge is -2.27. The molecule has 0 aliphatic heterocycles. The molecule has 172 valence electrons. The minimum atomic E-state index is -0.682. The van der Waals surface area contributed by atoms with Crippen LogP contribution in [0.15, 0.2) is 42.5 Å². The molecular formula is C24H32ClIO5. The number of benzene rings is 2. The summed E-state index contributed by atoms with van der Waals surface area (Å²) in [6.07, 6.45) is -1.26. The van der Waals surface area contributed by atoms with Gasteiger partial charge in [-0.05, 0) is 71.8 Å². The fourth-order valence-electron chi connectivity index (χ4n) is 2.92. The van der Waals surface area contributed by atoms with E-state index in [1.807, 2.05) is 50.2 Å². The van der Waals surface area contributed by atoms with Gasteiger partial charge in [-0.2, -0.15) is 0 Å². The van der Waals surface area contributed by atoms with Gasteiger partial charge in [0, 0.05) is 5.41 Å². The summed E-state index contributed by atoms with van der Waals surface area (Å²) in [5.41, 5.74) is 2.07. The molecule has 0 radical (unpaired) electrons. The van der Waals surface area contributed by atoms with E-state index in [0.717, 1.165) is 20.4 Å². The van der Waals surface area contributed by atoms with Crippen LogP contribution in [-0.4, -0.2) is 54.2 Å². The Kier molecular flexibility index (Phi) is 10.4. The van der Waals surface area contributed by atoms with E-state index in [2.05, 4.69) is 42.5 Å². The van der Waals surface area contributed by atoms with E-state index in [1.54, 1.807) is 0 Å². The van der Waals surface area contributed by atoms with Gasteiger partial charge in [0.1, 0.15) is 36.9 Å². The van der Waals surface area contributed by atoms with Crippen molar-refractivity contribution in [1.29, 1.82) is 0 Å². The summed E-state index contributed by atoms with van der Waals surface area (Å²) in [6.45, 7) is 8.81. The zero-order chi connectivity index (χ0) is 23.0. The lowest BCUT2D eigenvalue weighted by molar-refractivity contribution is -0.0122. The maximum atomic E-state index is 9.94. The van der Waals surface area contributed by atoms with Crippen LogP contribution < -0.4 is 9.47 Å². The molecule has 0 bridgehead atoms. The monoisotopic (exact) mass is 562 g/mol. The third kappa shape index (κ3) is 8.09. The molecule has 7 heteroatoms. The molecule has 2 rings (SSSR count). The van der Waals surface area contributed by atoms with Crippen molar-refractivity contribution in [3.63, 3.8) is 0 Å². The number of halogens is 2. The van der Waals surface area contributed by atoms with Gasteiger partial charge in [0.05, 0.1) is 22.2 Å². The first-order valence-electron chi connectivity index (χ1n) is 10.3. The molecule has 0 aromatic heterocycles. The largest absolute Gasteiger partial charge is 0.491 e. The second-order valence-electron chi connectivity index (χ2n) is 8.26. The molecule has 0 amide bonds. The number of hydrogen-bond donors (Lipinski definition) is 2. The Balaban J connectivity index is 2.02. The first kappa shape index (κ1) is 26.2. The minimum Gasteiger partial charge on any atom is -0.491 e. The zero-order valence-corrected chi connectivity index (χ0v) is 21.4. The van der Waals surface area contributed by atoms with Crippen molar-refractivity contribution in [2.75, 3.05) is 25.7 Å². The van der Waals surface area contributed by atoms with E-state index >= 15 is 0 Å². The van der Waals surface area contributed by atoms with Gasteiger partial charge in [0.25, 0.3) is 0 Å². The quantitative estimate of drug-likeness (QED) is 0.288. The van der Waals surface area contributed by atoms with Crippen molar-refractivity contribution >= 4 is 34.2 Å². The van der Waals surface area contributed by atoms with Gasteiger partial charge in [-0.3, -0.25) is 0 Å². The molecule has 0 saturated carbocycles. The number of aliphatic hydroxyl groups is 2. The Labute approximate surface area is 203 Å². The van der Waals surface area contributed by atoms with Crippen LogP contribution in [0.4, 0.5) is 0 Å². The van der Waals surface area contributed by atoms with Gasteiger partial charge in [-0.15, -0.1) is 11.6 Å². The van der Waals surface area contributed by atoms with Gasteiger partial charge in [0.15, 0.2) is 0 Å². The summed E-state index contributed by atoms with van der Waals surface area (Å²) in [5, 5.41) is 19.5. The summed E-state index contributed by atoms with van der Waals surface area (Å²) in [6, 6.07) is 14.0. The summed E-state index contributed by atoms with van der Waals surface area (Å²) in [5.74, 6) is 1.58. The van der Waals surface area contributed by atoms with Crippen molar-refractivity contribution in [2.24, 2.45) is 0 Å². The predicted molar refractivity (Wildman–Crippen MR) is 133 cm³/mol. The molecular weight excluding hydrogens is 531 g/mol. The standard InChI is InChI=1S/C24H32ClIO5/c1-16(2)29-14-20(28)15-30-21-8-5-17(6-9-21)24(3,4)18-7-10-23(22(26)11-18)31-13-19(27)12-25/h5-11,16,19-20,27-28H,12-15H2,1-4H3/t19-,20+/m1/s1. The van der Waals surface area contributed by atoms with Gasteiger partial charge in [-0.1, -0.05) is 32.0 Å². The van der Waals surface area contributed by atoms with Crippen LogP contribution in [0.3, 0.4) is 0 Å². The van der Waals surface area contributed by atoms with Crippen molar-refractivity contribution in [2.45, 2.75) is 51.4 Å². The topological polar surface area (TPSA) is 68.2 Å². The molecule has 0 aliphatic rings. The Morgan fingerprint density at radius 3 is 2.10 bits per heavy atom. The summed E-state index contributed by atoms with van der Waals surface area (Å²) in [7, 11) is 0. The van der Waals surface area contributed by atoms with Crippen molar-refractivity contribution < 1.29 is 24.4 Å². The van der Waals surface area contributed by atoms with E-state index in [1.165, 1.54) is 0 Å². The molecule has 0 spiro atoms. The fraction of sp³-hybridized carbons (Fsp3) is 0.500. The first-order valence-corrected chi connectivity index (χ1v) is 11.9. The smallest absolute Gasteiger partial charge is 0.132 e. The summed E-state index contributed by atoms with van der Waals surface area (Å²) >= 11 is 7.87. The van der Waals surface area contributed by atoms with E-state index in [9.17, 15) is 10.2 Å². The van der Waals surface area contributed by atoms with Gasteiger partial charge in [-0.25, -0.2) is 0 Å². The lowest BCUT2D eigenvalue weighted by atomic mass is 9.78. The zero-order valence-electron chi connectivity index (χ0n) is 18.5. The minimum absolute atomic E-state index is 0.0806. The average Bonchev–Trinajstić information content (AvgIpc) is 2.75. The molecule has 0 saturated heterocycles. The molecule has 5 nitrogen and oxygen atoms in total. The number of aliphatic hydroxyl groups excluding tert-OH is 2. The van der Waals surface area contributed by atoms with Gasteiger partial charge < -0.3 is 24.4 Å². The number of rotatable bonds is 12. The molecule has 2 aromatic carbocycles. The third-order valence-electron chi connectivity index (χ3n) is 4.90. The Morgan fingerprint density at radius 1 is 0.903 bits per heavy atom. The van der Waals surface area contributed by atoms with Crippen LogP contribution >= 0.6 is 34.2 Å². The van der Waals surface area contributed by atoms with Gasteiger partial charge >= 0.3 is 0 Å². The van der Waals surface area contributed by atoms with E-state index < -0.39 is 12.2 Å². The molecule has 31 heavy (non-hydrogen) atoms. The van der Waals surface area contributed by atoms with Gasteiger partial charge in [0.2, 0.25) is 0 Å². The van der Waals surface area contributed by atoms with Crippen molar-refractivity contribution in [3.05, 3.63) is 57.2 Å². The van der Waals surface area contributed by atoms with Crippen LogP contribution in [0.1, 0.15) is 38.8 Å². The van der Waals surface area contributed by atoms with Crippen LogP contribution in [-0.2, 0) is 10.2 Å². The predicted octanol–water partition coefficient (Wildman–Crippen LogP) is 4.76. The average molecular weight is 563 g/mol. The normalized spacial score (nSPS) is 13.8. The number of ether oxygens (including phenoxy) is 3. The van der Waals surface area contributed by atoms with Crippen molar-refractivity contribution in [1.82, 2.24) is 0 Å². The summed E-state index contributed by atoms with van der Waals surface area (Å²) in [4.78, 5) is 0. The SMILES string of the molecule is CC(C)OC[C@H](O)COc1ccc(C(C)(C)c2ccc(OC[C@H](O)CCl)c(I)c2)cc1. The molecule has 0 fully saturated rings. The second-order valence-corrected chi connectivity index (χ2v) is 9.73. The van der Waals surface area contributed by atoms with Crippen LogP contribution in [0.25, 0.3) is 0 Å². The highest BCUT2D eigenvalue weighted by Gasteiger charge is 2.24. The fourth-order valence-corrected chi connectivity index (χ4v) is 3.68. The Bertz CT molecular complexity index is 810. The van der Waals surface area contributed by atoms with E-state index in [0.29, 0.717) is 5.75 Å². The summed E-state index contributed by atoms with van der Waals surface area (Å²) < 4.78 is 17.7. The maximum absolute atomic E-state index is 9.94. The molecule has 2 aromatic rings. The molecule has 2 N–H and O–H groups in total. The Morgan fingerprint density at radius 2 is 1.52 bits per heavy atom. The molecule has 2 atom stereocenters. The van der Waals surface area contributed by atoms with E-state index in [-0.39, 0.29) is 37.2 Å². The highest BCUT2D eigenvalue weighted by Crippen LogP contribution is 2.35.